The number of carboxylic acid groups (broad SMARTS) is 1. The van der Waals surface area contributed by atoms with Crippen LogP contribution in [0.1, 0.15) is 63.7 Å². The Balaban J connectivity index is 1.23. The summed E-state index contributed by atoms with van der Waals surface area (Å²) in [5, 5.41) is 10.8. The average Bonchev–Trinajstić information content (AvgIpc) is 3.70. The number of anilines is 1. The minimum absolute atomic E-state index is 0.00250. The van der Waals surface area contributed by atoms with Crippen molar-refractivity contribution in [1.29, 1.82) is 0 Å². The molecule has 0 spiro atoms. The molecule has 2 aliphatic rings. The number of imidazole rings is 1. The number of fused-ring (bicyclic) bond motifs is 4. The number of alkyl halides is 2. The predicted molar refractivity (Wildman–Crippen MR) is 158 cm³/mol. The number of halogens is 2. The van der Waals surface area contributed by atoms with Gasteiger partial charge in [0, 0.05) is 24.3 Å². The number of ether oxygens (including phenoxy) is 1. The van der Waals surface area contributed by atoms with Gasteiger partial charge in [-0.1, -0.05) is 24.3 Å². The van der Waals surface area contributed by atoms with Gasteiger partial charge in [0.05, 0.1) is 17.6 Å². The number of Topliss-reactive ketones (excluding diaryl/α,β-unsaturated/α-hetero) is 1. The van der Waals surface area contributed by atoms with Gasteiger partial charge < -0.3 is 24.0 Å². The van der Waals surface area contributed by atoms with Crippen LogP contribution >= 0.6 is 0 Å². The van der Waals surface area contributed by atoms with Crippen molar-refractivity contribution in [2.24, 2.45) is 5.92 Å². The van der Waals surface area contributed by atoms with Gasteiger partial charge in [-0.25, -0.2) is 23.5 Å². The van der Waals surface area contributed by atoms with Crippen molar-refractivity contribution in [2.45, 2.75) is 70.1 Å². The average molecular weight is 604 g/mol. The molecule has 12 heteroatoms. The molecule has 0 bridgehead atoms. The molecule has 3 aromatic heterocycles. The largest absolute Gasteiger partial charge is 0.480 e. The lowest BCUT2D eigenvalue weighted by Gasteiger charge is -2.30. The molecule has 0 radical (unpaired) electrons. The number of nitrogens with zero attached hydrogens (tertiary/aromatic N) is 5. The zero-order valence-corrected chi connectivity index (χ0v) is 24.0. The van der Waals surface area contributed by atoms with E-state index in [9.17, 15) is 23.5 Å². The molecule has 1 saturated carbocycles. The summed E-state index contributed by atoms with van der Waals surface area (Å²) >= 11 is 0. The zero-order chi connectivity index (χ0) is 30.5. The number of carbonyl (C=O) groups is 2. The predicted octanol–water partition coefficient (Wildman–Crippen LogP) is 6.48. The van der Waals surface area contributed by atoms with E-state index in [2.05, 4.69) is 14.5 Å². The highest BCUT2D eigenvalue weighted by Crippen LogP contribution is 2.41. The summed E-state index contributed by atoms with van der Waals surface area (Å²) in [6.45, 7) is 1.70. The van der Waals surface area contributed by atoms with E-state index >= 15 is 0 Å². The Labute approximate surface area is 250 Å². The van der Waals surface area contributed by atoms with Gasteiger partial charge >= 0.3 is 5.97 Å². The first-order valence-electron chi connectivity index (χ1n) is 14.9. The first-order valence-corrected chi connectivity index (χ1v) is 14.9. The molecule has 4 heterocycles. The van der Waals surface area contributed by atoms with Crippen LogP contribution in [0.5, 0.6) is 6.01 Å². The van der Waals surface area contributed by atoms with Gasteiger partial charge in [-0.05, 0) is 62.8 Å². The van der Waals surface area contributed by atoms with Crippen molar-refractivity contribution >= 4 is 50.7 Å². The summed E-state index contributed by atoms with van der Waals surface area (Å²) in [5.41, 5.74) is 2.48. The summed E-state index contributed by atoms with van der Waals surface area (Å²) in [5.74, 6) is -1.26. The standard InChI is InChI=1S/C32H31F2N5O5/c1-17(40)14-18-10-12-19(13-11-18)39-23-8-4-3-7-22(23)35-32(39)43-20-15-24(31(41)42)38(16-20)30-27-26(36-29(37-30)28(33)34)21-6-2-5-9-25(21)44-27/h2-9,18-20,24,28H,10-16H2,1H3,(H,41,42)/t18?,19?,20-,24-/m0/s1. The number of rotatable bonds is 8. The molecule has 228 valence electrons. The minimum atomic E-state index is -2.96. The number of aliphatic carboxylic acids is 1. The normalized spacial score (nSPS) is 22.4. The van der Waals surface area contributed by atoms with Crippen LogP contribution in [0.3, 0.4) is 0 Å². The molecule has 1 aliphatic heterocycles. The molecule has 1 aliphatic carbocycles. The highest BCUT2D eigenvalue weighted by atomic mass is 19.3. The smallest absolute Gasteiger partial charge is 0.326 e. The lowest BCUT2D eigenvalue weighted by atomic mass is 9.83. The first-order chi connectivity index (χ1) is 21.3. The van der Waals surface area contributed by atoms with Crippen LogP contribution in [-0.2, 0) is 9.59 Å². The molecule has 1 N–H and O–H groups in total. The second-order valence-corrected chi connectivity index (χ2v) is 11.8. The minimum Gasteiger partial charge on any atom is -0.480 e. The van der Waals surface area contributed by atoms with Gasteiger partial charge in [0.25, 0.3) is 12.4 Å². The molecule has 0 unspecified atom stereocenters. The van der Waals surface area contributed by atoms with Crippen molar-refractivity contribution in [3.63, 3.8) is 0 Å². The zero-order valence-electron chi connectivity index (χ0n) is 24.0. The Morgan fingerprint density at radius 1 is 1.05 bits per heavy atom. The third-order valence-corrected chi connectivity index (χ3v) is 8.83. The van der Waals surface area contributed by atoms with Crippen LogP contribution in [0.25, 0.3) is 33.1 Å². The van der Waals surface area contributed by atoms with E-state index in [-0.39, 0.29) is 41.7 Å². The Morgan fingerprint density at radius 2 is 1.80 bits per heavy atom. The maximum absolute atomic E-state index is 14.0. The Hall–Kier alpha value is -4.61. The van der Waals surface area contributed by atoms with Crippen LogP contribution in [0.2, 0.25) is 0 Å². The molecule has 44 heavy (non-hydrogen) atoms. The van der Waals surface area contributed by atoms with E-state index in [1.165, 1.54) is 4.90 Å². The number of carbonyl (C=O) groups excluding carboxylic acids is 1. The highest BCUT2D eigenvalue weighted by Gasteiger charge is 2.42. The maximum Gasteiger partial charge on any atom is 0.326 e. The number of aromatic nitrogens is 4. The molecule has 7 rings (SSSR count). The summed E-state index contributed by atoms with van der Waals surface area (Å²) in [6, 6.07) is 14.1. The van der Waals surface area contributed by atoms with E-state index < -0.39 is 30.4 Å². The van der Waals surface area contributed by atoms with E-state index in [4.69, 9.17) is 14.1 Å². The second kappa shape index (κ2) is 11.1. The fourth-order valence-corrected chi connectivity index (χ4v) is 6.86. The van der Waals surface area contributed by atoms with Crippen LogP contribution in [-0.4, -0.2) is 55.1 Å². The Morgan fingerprint density at radius 3 is 2.55 bits per heavy atom. The molecule has 1 saturated heterocycles. The van der Waals surface area contributed by atoms with Crippen molar-refractivity contribution < 1.29 is 32.6 Å². The third kappa shape index (κ3) is 5.01. The van der Waals surface area contributed by atoms with Crippen molar-refractivity contribution in [3.05, 3.63) is 54.4 Å². The molecular weight excluding hydrogens is 572 g/mol. The van der Waals surface area contributed by atoms with E-state index in [0.717, 1.165) is 36.7 Å². The van der Waals surface area contributed by atoms with E-state index in [1.54, 1.807) is 31.2 Å². The van der Waals surface area contributed by atoms with Crippen LogP contribution in [0.4, 0.5) is 14.6 Å². The third-order valence-electron chi connectivity index (χ3n) is 8.83. The van der Waals surface area contributed by atoms with Crippen LogP contribution in [0, 0.1) is 5.92 Å². The lowest BCUT2D eigenvalue weighted by Crippen LogP contribution is -2.37. The summed E-state index contributed by atoms with van der Waals surface area (Å²) in [6.07, 6.45) is 0.656. The fourth-order valence-electron chi connectivity index (χ4n) is 6.86. The number of para-hydroxylation sites is 3. The van der Waals surface area contributed by atoms with Crippen molar-refractivity contribution in [2.75, 3.05) is 11.4 Å². The number of ketones is 1. The quantitative estimate of drug-likeness (QED) is 0.212. The molecule has 10 nitrogen and oxygen atoms in total. The summed E-state index contributed by atoms with van der Waals surface area (Å²) in [4.78, 5) is 38.6. The van der Waals surface area contributed by atoms with Gasteiger partial charge in [-0.3, -0.25) is 4.57 Å². The van der Waals surface area contributed by atoms with Gasteiger partial charge in [-0.2, -0.15) is 4.98 Å². The number of furan rings is 1. The van der Waals surface area contributed by atoms with Gasteiger partial charge in [0.1, 0.15) is 29.0 Å². The van der Waals surface area contributed by atoms with Gasteiger partial charge in [-0.15, -0.1) is 0 Å². The number of hydrogen-bond acceptors (Lipinski definition) is 8. The monoisotopic (exact) mass is 603 g/mol. The topological polar surface area (TPSA) is 124 Å². The molecular formula is C32H31F2N5O5. The molecule has 2 fully saturated rings. The summed E-state index contributed by atoms with van der Waals surface area (Å²) < 4.78 is 42.5. The lowest BCUT2D eigenvalue weighted by molar-refractivity contribution is -0.138. The Bertz CT molecular complexity index is 1880. The molecule has 2 aromatic carbocycles. The van der Waals surface area contributed by atoms with E-state index in [1.807, 2.05) is 24.3 Å². The molecule has 0 amide bonds. The molecule has 2 atom stereocenters. The highest BCUT2D eigenvalue weighted by molar-refractivity contribution is 6.06. The number of hydrogen-bond donors (Lipinski definition) is 1. The first kappa shape index (κ1) is 28.2. The maximum atomic E-state index is 14.0. The summed E-state index contributed by atoms with van der Waals surface area (Å²) in [7, 11) is 0. The number of benzene rings is 2. The van der Waals surface area contributed by atoms with Gasteiger partial charge in [0.2, 0.25) is 0 Å². The fraction of sp³-hybridized carbons (Fsp3) is 0.406. The van der Waals surface area contributed by atoms with Crippen LogP contribution in [0.15, 0.2) is 52.9 Å². The van der Waals surface area contributed by atoms with E-state index in [0.29, 0.717) is 29.3 Å². The molecule has 5 aromatic rings. The number of carboxylic acids is 1. The SMILES string of the molecule is CC(=O)CC1CCC(n2c(O[C@H]3C[C@@H](C(=O)O)N(c4nc(C(F)F)nc5c4oc4ccccc45)C3)nc3ccccc32)CC1. The van der Waals surface area contributed by atoms with Crippen LogP contribution < -0.4 is 9.64 Å². The van der Waals surface area contributed by atoms with Crippen molar-refractivity contribution in [1.82, 2.24) is 19.5 Å². The Kier molecular flexibility index (Phi) is 7.14. The van der Waals surface area contributed by atoms with Crippen molar-refractivity contribution in [3.8, 4) is 6.01 Å². The second-order valence-electron chi connectivity index (χ2n) is 11.8. The van der Waals surface area contributed by atoms with Gasteiger partial charge in [0.15, 0.2) is 17.2 Å².